The van der Waals surface area contributed by atoms with Gasteiger partial charge in [-0.15, -0.1) is 12.4 Å². The van der Waals surface area contributed by atoms with Crippen LogP contribution in [0.2, 0.25) is 0 Å². The minimum absolute atomic E-state index is 0. The minimum atomic E-state index is -0.745. The van der Waals surface area contributed by atoms with E-state index >= 15 is 0 Å². The van der Waals surface area contributed by atoms with Crippen molar-refractivity contribution in [1.82, 2.24) is 0 Å². The van der Waals surface area contributed by atoms with Crippen LogP contribution in [0.15, 0.2) is 0 Å². The van der Waals surface area contributed by atoms with Crippen molar-refractivity contribution >= 4 is 18.4 Å². The van der Waals surface area contributed by atoms with Gasteiger partial charge in [0.15, 0.2) is 0 Å². The third-order valence-electron chi connectivity index (χ3n) is 2.36. The van der Waals surface area contributed by atoms with Gasteiger partial charge in [0.25, 0.3) is 0 Å². The SMILES string of the molecule is CCC(=O)O.Cl.NCC1CCCCC1. The summed E-state index contributed by atoms with van der Waals surface area (Å²) in [5.41, 5.74) is 5.50. The van der Waals surface area contributed by atoms with E-state index in [2.05, 4.69) is 0 Å². The topological polar surface area (TPSA) is 63.3 Å². The summed E-state index contributed by atoms with van der Waals surface area (Å²) in [6, 6.07) is 0. The van der Waals surface area contributed by atoms with E-state index in [9.17, 15) is 4.79 Å². The first-order valence-electron chi connectivity index (χ1n) is 5.12. The molecule has 0 aromatic heterocycles. The number of hydrogen-bond donors (Lipinski definition) is 2. The van der Waals surface area contributed by atoms with Crippen LogP contribution in [-0.2, 0) is 4.79 Å². The fourth-order valence-electron chi connectivity index (χ4n) is 1.42. The van der Waals surface area contributed by atoms with Crippen molar-refractivity contribution in [1.29, 1.82) is 0 Å². The number of carboxylic acids is 1. The quantitative estimate of drug-likeness (QED) is 0.756. The highest BCUT2D eigenvalue weighted by Gasteiger charge is 2.09. The second kappa shape index (κ2) is 10.8. The van der Waals surface area contributed by atoms with Crippen molar-refractivity contribution in [3.8, 4) is 0 Å². The first-order valence-corrected chi connectivity index (χ1v) is 5.12. The fraction of sp³-hybridized carbons (Fsp3) is 0.900. The summed E-state index contributed by atoms with van der Waals surface area (Å²) >= 11 is 0. The molecule has 0 bridgehead atoms. The van der Waals surface area contributed by atoms with Gasteiger partial charge in [-0.05, 0) is 25.3 Å². The Morgan fingerprint density at radius 2 is 1.79 bits per heavy atom. The highest BCUT2D eigenvalue weighted by Crippen LogP contribution is 2.21. The maximum atomic E-state index is 9.37. The molecule has 0 spiro atoms. The van der Waals surface area contributed by atoms with Crippen LogP contribution in [0.5, 0.6) is 0 Å². The van der Waals surface area contributed by atoms with Crippen molar-refractivity contribution in [2.75, 3.05) is 6.54 Å². The number of halogens is 1. The lowest BCUT2D eigenvalue weighted by Crippen LogP contribution is -2.16. The van der Waals surface area contributed by atoms with Crippen molar-refractivity contribution < 1.29 is 9.90 Å². The van der Waals surface area contributed by atoms with E-state index in [1.54, 1.807) is 6.92 Å². The average Bonchev–Trinajstić information content (AvgIpc) is 2.20. The summed E-state index contributed by atoms with van der Waals surface area (Å²) in [6.07, 6.45) is 7.27. The molecule has 3 nitrogen and oxygen atoms in total. The van der Waals surface area contributed by atoms with Gasteiger partial charge in [0.05, 0.1) is 0 Å². The monoisotopic (exact) mass is 223 g/mol. The first-order chi connectivity index (χ1) is 6.20. The number of rotatable bonds is 2. The summed E-state index contributed by atoms with van der Waals surface area (Å²) in [5, 5.41) is 7.72. The van der Waals surface area contributed by atoms with Crippen LogP contribution in [0.1, 0.15) is 45.4 Å². The molecule has 3 N–H and O–H groups in total. The molecule has 1 saturated carbocycles. The van der Waals surface area contributed by atoms with Crippen LogP contribution in [-0.4, -0.2) is 17.6 Å². The molecule has 4 heteroatoms. The van der Waals surface area contributed by atoms with Gasteiger partial charge >= 0.3 is 5.97 Å². The van der Waals surface area contributed by atoms with E-state index in [1.165, 1.54) is 32.1 Å². The predicted octanol–water partition coefficient (Wildman–Crippen LogP) is 2.43. The lowest BCUT2D eigenvalue weighted by atomic mass is 9.90. The van der Waals surface area contributed by atoms with Crippen LogP contribution >= 0.6 is 12.4 Å². The van der Waals surface area contributed by atoms with E-state index in [-0.39, 0.29) is 18.8 Å². The van der Waals surface area contributed by atoms with Crippen LogP contribution < -0.4 is 5.73 Å². The molecular weight excluding hydrogens is 202 g/mol. The van der Waals surface area contributed by atoms with E-state index in [4.69, 9.17) is 10.8 Å². The zero-order valence-corrected chi connectivity index (χ0v) is 9.68. The van der Waals surface area contributed by atoms with Gasteiger partial charge in [0.1, 0.15) is 0 Å². The van der Waals surface area contributed by atoms with Gasteiger partial charge in [0.2, 0.25) is 0 Å². The molecule has 0 atom stereocenters. The molecule has 0 radical (unpaired) electrons. The lowest BCUT2D eigenvalue weighted by Gasteiger charge is -2.18. The molecule has 0 heterocycles. The Balaban J connectivity index is 0. The van der Waals surface area contributed by atoms with E-state index in [1.807, 2.05) is 0 Å². The molecule has 1 fully saturated rings. The molecule has 86 valence electrons. The Hall–Kier alpha value is -0.280. The highest BCUT2D eigenvalue weighted by atomic mass is 35.5. The second-order valence-electron chi connectivity index (χ2n) is 3.49. The molecule has 0 aromatic carbocycles. The van der Waals surface area contributed by atoms with Gasteiger partial charge in [-0.2, -0.15) is 0 Å². The van der Waals surface area contributed by atoms with Gasteiger partial charge in [-0.25, -0.2) is 0 Å². The smallest absolute Gasteiger partial charge is 0.303 e. The number of hydrogen-bond acceptors (Lipinski definition) is 2. The summed E-state index contributed by atoms with van der Waals surface area (Å²) < 4.78 is 0. The van der Waals surface area contributed by atoms with Gasteiger partial charge in [-0.1, -0.05) is 26.2 Å². The van der Waals surface area contributed by atoms with Gasteiger partial charge < -0.3 is 10.8 Å². The molecule has 0 amide bonds. The number of carbonyl (C=O) groups is 1. The molecule has 14 heavy (non-hydrogen) atoms. The van der Waals surface area contributed by atoms with Crippen LogP contribution in [0.3, 0.4) is 0 Å². The zero-order valence-electron chi connectivity index (χ0n) is 8.87. The molecule has 1 aliphatic rings. The molecule has 0 unspecified atom stereocenters. The van der Waals surface area contributed by atoms with Crippen molar-refractivity contribution in [2.45, 2.75) is 45.4 Å². The minimum Gasteiger partial charge on any atom is -0.481 e. The normalized spacial score (nSPS) is 16.1. The van der Waals surface area contributed by atoms with Crippen molar-refractivity contribution in [3.63, 3.8) is 0 Å². The summed E-state index contributed by atoms with van der Waals surface area (Å²) in [6.45, 7) is 2.52. The molecule has 1 aliphatic carbocycles. The number of carboxylic acid groups (broad SMARTS) is 1. The van der Waals surface area contributed by atoms with E-state index < -0.39 is 5.97 Å². The van der Waals surface area contributed by atoms with E-state index in [0.29, 0.717) is 0 Å². The van der Waals surface area contributed by atoms with Crippen LogP contribution in [0, 0.1) is 5.92 Å². The lowest BCUT2D eigenvalue weighted by molar-refractivity contribution is -0.136. The standard InChI is InChI=1S/C7H15N.C3H6O2.ClH/c8-6-7-4-2-1-3-5-7;1-2-3(4)5;/h7H,1-6,8H2;2H2,1H3,(H,4,5);1H. The predicted molar refractivity (Wildman–Crippen MR) is 60.8 cm³/mol. The number of nitrogens with two attached hydrogens (primary N) is 1. The van der Waals surface area contributed by atoms with Crippen molar-refractivity contribution in [3.05, 3.63) is 0 Å². The zero-order chi connectivity index (χ0) is 10.1. The average molecular weight is 224 g/mol. The summed E-state index contributed by atoms with van der Waals surface area (Å²) in [5.74, 6) is 0.119. The van der Waals surface area contributed by atoms with Gasteiger partial charge in [0, 0.05) is 6.42 Å². The maximum absolute atomic E-state index is 9.37. The summed E-state index contributed by atoms with van der Waals surface area (Å²) in [4.78, 5) is 9.37. The first kappa shape index (κ1) is 16.2. The Morgan fingerprint density at radius 1 is 1.36 bits per heavy atom. The fourth-order valence-corrected chi connectivity index (χ4v) is 1.42. The Labute approximate surface area is 92.5 Å². The Bertz CT molecular complexity index is 136. The number of aliphatic carboxylic acids is 1. The molecule has 1 rings (SSSR count). The Morgan fingerprint density at radius 3 is 2.00 bits per heavy atom. The highest BCUT2D eigenvalue weighted by molar-refractivity contribution is 5.85. The molecule has 0 aromatic rings. The van der Waals surface area contributed by atoms with E-state index in [0.717, 1.165) is 12.5 Å². The molecule has 0 aliphatic heterocycles. The van der Waals surface area contributed by atoms with Crippen LogP contribution in [0.25, 0.3) is 0 Å². The van der Waals surface area contributed by atoms with Crippen LogP contribution in [0.4, 0.5) is 0 Å². The maximum Gasteiger partial charge on any atom is 0.303 e. The second-order valence-corrected chi connectivity index (χ2v) is 3.49. The molecule has 0 saturated heterocycles. The third-order valence-corrected chi connectivity index (χ3v) is 2.36. The molecular formula is C10H22ClNO2. The van der Waals surface area contributed by atoms with Crippen molar-refractivity contribution in [2.24, 2.45) is 11.7 Å². The largest absolute Gasteiger partial charge is 0.481 e. The third kappa shape index (κ3) is 9.81. The summed E-state index contributed by atoms with van der Waals surface area (Å²) in [7, 11) is 0. The van der Waals surface area contributed by atoms with Gasteiger partial charge in [-0.3, -0.25) is 4.79 Å². The Kier molecular flexibility index (Phi) is 12.5.